The van der Waals surface area contributed by atoms with Crippen LogP contribution in [0.1, 0.15) is 88.4 Å². The van der Waals surface area contributed by atoms with Gasteiger partial charge in [-0.1, -0.05) is 89.0 Å². The van der Waals surface area contributed by atoms with Gasteiger partial charge in [0.05, 0.1) is 0 Å². The molecule has 0 radical (unpaired) electrons. The first-order valence-electron chi connectivity index (χ1n) is 9.55. The number of aldehydes is 1. The van der Waals surface area contributed by atoms with Crippen LogP contribution in [0.5, 0.6) is 0 Å². The minimum absolute atomic E-state index is 0.0202. The van der Waals surface area contributed by atoms with E-state index in [9.17, 15) is 4.79 Å². The van der Waals surface area contributed by atoms with Crippen LogP contribution < -0.4 is 0 Å². The molecule has 0 bridgehead atoms. The third kappa shape index (κ3) is 6.47. The van der Waals surface area contributed by atoms with Gasteiger partial charge in [-0.25, -0.2) is 0 Å². The zero-order valence-electron chi connectivity index (χ0n) is 14.6. The van der Waals surface area contributed by atoms with Crippen LogP contribution in [0.4, 0.5) is 0 Å². The second kappa shape index (κ2) is 10.6. The normalized spacial score (nSPS) is 19.7. The molecule has 128 valence electrons. The van der Waals surface area contributed by atoms with E-state index in [-0.39, 0.29) is 12.2 Å². The van der Waals surface area contributed by atoms with Crippen molar-refractivity contribution in [2.24, 2.45) is 0 Å². The highest BCUT2D eigenvalue weighted by molar-refractivity contribution is 5.62. The molecular weight excluding hydrogens is 284 g/mol. The fraction of sp³-hybridized carbons (Fsp3) is 0.667. The van der Waals surface area contributed by atoms with Crippen molar-refractivity contribution < 1.29 is 9.53 Å². The first kappa shape index (κ1) is 18.2. The zero-order chi connectivity index (χ0) is 16.3. The maximum Gasteiger partial charge on any atom is 0.151 e. The van der Waals surface area contributed by atoms with E-state index in [1.807, 2.05) is 6.07 Å². The molecular formula is C21H32O2. The summed E-state index contributed by atoms with van der Waals surface area (Å²) in [5, 5.41) is 0. The van der Waals surface area contributed by atoms with Gasteiger partial charge >= 0.3 is 0 Å². The molecule has 2 heteroatoms. The van der Waals surface area contributed by atoms with Gasteiger partial charge in [0.1, 0.15) is 12.2 Å². The number of carbonyl (C=O) groups is 1. The van der Waals surface area contributed by atoms with Gasteiger partial charge in [0.25, 0.3) is 0 Å². The van der Waals surface area contributed by atoms with Crippen molar-refractivity contribution in [1.29, 1.82) is 0 Å². The van der Waals surface area contributed by atoms with Crippen LogP contribution in [0.2, 0.25) is 0 Å². The van der Waals surface area contributed by atoms with Gasteiger partial charge in [-0.15, -0.1) is 0 Å². The average Bonchev–Trinajstić information content (AvgIpc) is 3.36. The summed E-state index contributed by atoms with van der Waals surface area (Å²) in [6.45, 7) is 2.27. The van der Waals surface area contributed by atoms with E-state index < -0.39 is 0 Å². The summed E-state index contributed by atoms with van der Waals surface area (Å²) in [5.41, 5.74) is 2.59. The second-order valence-corrected chi connectivity index (χ2v) is 6.79. The van der Waals surface area contributed by atoms with E-state index in [2.05, 4.69) is 25.1 Å². The van der Waals surface area contributed by atoms with Gasteiger partial charge in [-0.2, -0.15) is 0 Å². The van der Waals surface area contributed by atoms with E-state index in [0.29, 0.717) is 0 Å². The second-order valence-electron chi connectivity index (χ2n) is 6.79. The van der Waals surface area contributed by atoms with Crippen molar-refractivity contribution in [3.8, 4) is 0 Å². The minimum atomic E-state index is -0.205. The summed E-state index contributed by atoms with van der Waals surface area (Å²) in [6, 6.07) is 8.43. The Labute approximate surface area is 141 Å². The maximum absolute atomic E-state index is 10.8. The summed E-state index contributed by atoms with van der Waals surface area (Å²) in [4.78, 5) is 10.8. The first-order chi connectivity index (χ1) is 11.4. The molecule has 0 amide bonds. The van der Waals surface area contributed by atoms with Crippen molar-refractivity contribution in [3.63, 3.8) is 0 Å². The van der Waals surface area contributed by atoms with Crippen LogP contribution in [0, 0.1) is 0 Å². The van der Waals surface area contributed by atoms with Crippen LogP contribution in [0.3, 0.4) is 0 Å². The van der Waals surface area contributed by atoms with E-state index >= 15 is 0 Å². The number of epoxide rings is 1. The van der Waals surface area contributed by atoms with E-state index in [0.717, 1.165) is 12.7 Å². The molecule has 0 saturated carbocycles. The fourth-order valence-electron chi connectivity index (χ4n) is 3.32. The molecule has 0 aliphatic carbocycles. The van der Waals surface area contributed by atoms with Crippen molar-refractivity contribution in [2.45, 2.75) is 89.8 Å². The Morgan fingerprint density at radius 3 is 2.13 bits per heavy atom. The molecule has 1 aromatic rings. The molecule has 1 saturated heterocycles. The highest BCUT2D eigenvalue weighted by atomic mass is 16.6. The number of hydrogen-bond acceptors (Lipinski definition) is 2. The number of benzene rings is 1. The lowest BCUT2D eigenvalue weighted by Gasteiger charge is -2.07. The number of unbranched alkanes of at least 4 members (excludes halogenated alkanes) is 9. The third-order valence-corrected chi connectivity index (χ3v) is 4.82. The number of ether oxygens (including phenoxy) is 1. The van der Waals surface area contributed by atoms with Gasteiger partial charge in [-0.3, -0.25) is 0 Å². The van der Waals surface area contributed by atoms with Crippen molar-refractivity contribution in [1.82, 2.24) is 0 Å². The largest absolute Gasteiger partial charge is 0.356 e. The fourth-order valence-corrected chi connectivity index (χ4v) is 3.32. The molecule has 1 fully saturated rings. The molecule has 0 N–H and O–H groups in total. The van der Waals surface area contributed by atoms with Crippen molar-refractivity contribution in [3.05, 3.63) is 35.4 Å². The van der Waals surface area contributed by atoms with Crippen molar-refractivity contribution in [2.75, 3.05) is 0 Å². The Balaban J connectivity index is 1.56. The quantitative estimate of drug-likeness (QED) is 0.262. The van der Waals surface area contributed by atoms with Gasteiger partial charge in [-0.05, 0) is 24.0 Å². The summed E-state index contributed by atoms with van der Waals surface area (Å²) in [6.07, 6.45) is 15.5. The highest BCUT2D eigenvalue weighted by Crippen LogP contribution is 2.39. The lowest BCUT2D eigenvalue weighted by molar-refractivity contribution is -0.108. The molecule has 23 heavy (non-hydrogen) atoms. The van der Waals surface area contributed by atoms with Crippen LogP contribution in [-0.4, -0.2) is 12.4 Å². The Hall–Kier alpha value is -1.15. The van der Waals surface area contributed by atoms with E-state index in [4.69, 9.17) is 4.74 Å². The molecule has 2 rings (SSSR count). The van der Waals surface area contributed by atoms with Gasteiger partial charge < -0.3 is 9.53 Å². The number of hydrogen-bond donors (Lipinski definition) is 0. The molecule has 2 unspecified atom stereocenters. The summed E-state index contributed by atoms with van der Waals surface area (Å²) in [5.74, 6) is 0. The smallest absolute Gasteiger partial charge is 0.151 e. The zero-order valence-corrected chi connectivity index (χ0v) is 14.6. The molecule has 1 aliphatic heterocycles. The topological polar surface area (TPSA) is 29.6 Å². The van der Waals surface area contributed by atoms with Crippen LogP contribution in [-0.2, 0) is 16.0 Å². The SMILES string of the molecule is CCCCCCCCCCCCc1ccccc1C1OC1C=O. The summed E-state index contributed by atoms with van der Waals surface area (Å²) < 4.78 is 5.42. The predicted octanol–water partition coefficient (Wildman–Crippen LogP) is 5.79. The molecule has 2 atom stereocenters. The number of carbonyl (C=O) groups excluding carboxylic acids is 1. The van der Waals surface area contributed by atoms with Crippen molar-refractivity contribution >= 4 is 6.29 Å². The van der Waals surface area contributed by atoms with E-state index in [1.54, 1.807) is 0 Å². The summed E-state index contributed by atoms with van der Waals surface area (Å²) >= 11 is 0. The standard InChI is InChI=1S/C21H32O2/c1-2-3-4-5-6-7-8-9-10-11-14-18-15-12-13-16-19(18)21-20(17-22)23-21/h12-13,15-17,20-21H,2-11,14H2,1H3. The number of rotatable bonds is 13. The first-order valence-corrected chi connectivity index (χ1v) is 9.55. The Morgan fingerprint density at radius 2 is 1.52 bits per heavy atom. The molecule has 1 aromatic carbocycles. The monoisotopic (exact) mass is 316 g/mol. The highest BCUT2D eigenvalue weighted by Gasteiger charge is 2.40. The van der Waals surface area contributed by atoms with Crippen LogP contribution in [0.25, 0.3) is 0 Å². The Bertz CT molecular complexity index is 455. The third-order valence-electron chi connectivity index (χ3n) is 4.82. The number of aryl methyl sites for hydroxylation is 1. The van der Waals surface area contributed by atoms with Gasteiger partial charge in [0, 0.05) is 0 Å². The maximum atomic E-state index is 10.8. The van der Waals surface area contributed by atoms with Gasteiger partial charge in [0.2, 0.25) is 0 Å². The van der Waals surface area contributed by atoms with Crippen LogP contribution >= 0.6 is 0 Å². The Morgan fingerprint density at radius 1 is 0.913 bits per heavy atom. The predicted molar refractivity (Wildman–Crippen MR) is 95.7 cm³/mol. The van der Waals surface area contributed by atoms with Gasteiger partial charge in [0.15, 0.2) is 6.29 Å². The molecule has 1 heterocycles. The van der Waals surface area contributed by atoms with Crippen LogP contribution in [0.15, 0.2) is 24.3 Å². The molecule has 1 aliphatic rings. The summed E-state index contributed by atoms with van der Waals surface area (Å²) in [7, 11) is 0. The lowest BCUT2D eigenvalue weighted by atomic mass is 9.97. The lowest BCUT2D eigenvalue weighted by Crippen LogP contribution is -1.96. The Kier molecular flexibility index (Phi) is 8.38. The average molecular weight is 316 g/mol. The molecule has 0 spiro atoms. The minimum Gasteiger partial charge on any atom is -0.356 e. The molecule has 2 nitrogen and oxygen atoms in total. The molecule has 0 aromatic heterocycles. The van der Waals surface area contributed by atoms with E-state index in [1.165, 1.54) is 75.3 Å².